The Morgan fingerprint density at radius 2 is 2.06 bits per heavy atom. The van der Waals surface area contributed by atoms with Gasteiger partial charge in [0.15, 0.2) is 5.79 Å². The second kappa shape index (κ2) is 5.69. The monoisotopic (exact) mass is 243 g/mol. The van der Waals surface area contributed by atoms with E-state index in [-0.39, 0.29) is 12.6 Å². The van der Waals surface area contributed by atoms with Gasteiger partial charge >= 0.3 is 0 Å². The van der Waals surface area contributed by atoms with Crippen molar-refractivity contribution in [2.75, 3.05) is 6.54 Å². The van der Waals surface area contributed by atoms with Crippen molar-refractivity contribution in [2.45, 2.75) is 58.2 Å². The van der Waals surface area contributed by atoms with Gasteiger partial charge in [0.1, 0.15) is 6.10 Å². The molecule has 3 atom stereocenters. The summed E-state index contributed by atoms with van der Waals surface area (Å²) in [5, 5.41) is 13.3. The summed E-state index contributed by atoms with van der Waals surface area (Å²) in [5.74, 6) is -0.242. The molecule has 1 saturated heterocycles. The minimum absolute atomic E-state index is 0.00913. The highest BCUT2D eigenvalue weighted by Crippen LogP contribution is 2.33. The normalized spacial score (nSPS) is 29.1. The summed E-state index contributed by atoms with van der Waals surface area (Å²) in [5.41, 5.74) is 8.25. The van der Waals surface area contributed by atoms with Gasteiger partial charge in [-0.25, -0.2) is 0 Å². The Labute approximate surface area is 102 Å². The molecule has 17 heavy (non-hydrogen) atoms. The molecule has 1 unspecified atom stereocenters. The lowest BCUT2D eigenvalue weighted by molar-refractivity contribution is -0.155. The van der Waals surface area contributed by atoms with Crippen LogP contribution in [0.2, 0.25) is 0 Å². The summed E-state index contributed by atoms with van der Waals surface area (Å²) in [4.78, 5) is 2.64. The van der Waals surface area contributed by atoms with Crippen molar-refractivity contribution in [3.8, 4) is 0 Å². The molecule has 1 N–H and O–H groups in total. The van der Waals surface area contributed by atoms with Gasteiger partial charge in [0.25, 0.3) is 0 Å². The minimum Gasteiger partial charge on any atom is -0.390 e. The van der Waals surface area contributed by atoms with Crippen molar-refractivity contribution >= 4 is 0 Å². The molecule has 0 amide bonds. The van der Waals surface area contributed by atoms with Crippen LogP contribution in [0, 0.1) is 5.92 Å². The molecule has 6 heteroatoms. The zero-order chi connectivity index (χ0) is 13.1. The van der Waals surface area contributed by atoms with Crippen molar-refractivity contribution in [1.82, 2.24) is 0 Å². The molecule has 0 aromatic carbocycles. The van der Waals surface area contributed by atoms with Gasteiger partial charge in [0.05, 0.1) is 18.8 Å². The number of aliphatic hydroxyl groups excluding tert-OH is 1. The summed E-state index contributed by atoms with van der Waals surface area (Å²) in [6, 6.07) is 0. The fraction of sp³-hybridized carbons (Fsp3) is 1.00. The average Bonchev–Trinajstić information content (AvgIpc) is 2.49. The van der Waals surface area contributed by atoms with Crippen LogP contribution >= 0.6 is 0 Å². The van der Waals surface area contributed by atoms with Crippen LogP contribution < -0.4 is 0 Å². The number of aliphatic hydroxyl groups is 1. The molecule has 0 aromatic heterocycles. The predicted molar refractivity (Wildman–Crippen MR) is 63.3 cm³/mol. The molecule has 1 rings (SSSR count). The van der Waals surface area contributed by atoms with E-state index in [2.05, 4.69) is 23.9 Å². The van der Waals surface area contributed by atoms with Gasteiger partial charge in [-0.05, 0) is 31.7 Å². The molecule has 0 aromatic rings. The van der Waals surface area contributed by atoms with Crippen molar-refractivity contribution in [2.24, 2.45) is 11.0 Å². The first-order valence-electron chi connectivity index (χ1n) is 5.90. The first-order chi connectivity index (χ1) is 7.85. The second-order valence-corrected chi connectivity index (χ2v) is 5.25. The fourth-order valence-electron chi connectivity index (χ4n) is 2.06. The smallest absolute Gasteiger partial charge is 0.163 e. The number of hydrogen-bond acceptors (Lipinski definition) is 4. The Hall–Kier alpha value is -0.810. The van der Waals surface area contributed by atoms with Crippen LogP contribution in [0.15, 0.2) is 5.11 Å². The van der Waals surface area contributed by atoms with Crippen LogP contribution in [0.5, 0.6) is 0 Å². The van der Waals surface area contributed by atoms with Gasteiger partial charge in [0.2, 0.25) is 0 Å². The molecule has 1 fully saturated rings. The Balaban J connectivity index is 2.68. The number of azide groups is 1. The predicted octanol–water partition coefficient (Wildman–Crippen LogP) is 2.22. The van der Waals surface area contributed by atoms with Gasteiger partial charge in [-0.3, -0.25) is 0 Å². The molecule has 0 aliphatic carbocycles. The van der Waals surface area contributed by atoms with Crippen LogP contribution in [-0.4, -0.2) is 35.8 Å². The average molecular weight is 243 g/mol. The molecule has 0 saturated carbocycles. The molecular weight excluding hydrogens is 222 g/mol. The standard InChI is InChI=1S/C11H21N3O3/c1-7(2)5-9-10(8(15)6-13-14-12)17-11(3,4)16-9/h7-10,15H,5-6H2,1-4H3/t8?,9-,10+/m0/s1. The molecule has 0 spiro atoms. The summed E-state index contributed by atoms with van der Waals surface area (Å²) in [7, 11) is 0. The third kappa shape index (κ3) is 4.16. The molecule has 1 heterocycles. The Kier molecular flexibility index (Phi) is 4.77. The van der Waals surface area contributed by atoms with Crippen LogP contribution in [0.3, 0.4) is 0 Å². The fourth-order valence-corrected chi connectivity index (χ4v) is 2.06. The topological polar surface area (TPSA) is 87.5 Å². The van der Waals surface area contributed by atoms with Gasteiger partial charge in [-0.2, -0.15) is 0 Å². The largest absolute Gasteiger partial charge is 0.390 e. The maximum absolute atomic E-state index is 9.93. The van der Waals surface area contributed by atoms with E-state index >= 15 is 0 Å². The van der Waals surface area contributed by atoms with E-state index in [1.165, 1.54) is 0 Å². The quantitative estimate of drug-likeness (QED) is 0.456. The van der Waals surface area contributed by atoms with Crippen molar-refractivity contribution < 1.29 is 14.6 Å². The van der Waals surface area contributed by atoms with Gasteiger partial charge < -0.3 is 14.6 Å². The molecule has 0 radical (unpaired) electrons. The summed E-state index contributed by atoms with van der Waals surface area (Å²) >= 11 is 0. The lowest BCUT2D eigenvalue weighted by atomic mass is 9.99. The first kappa shape index (κ1) is 14.3. The first-order valence-corrected chi connectivity index (χ1v) is 5.90. The van der Waals surface area contributed by atoms with Crippen molar-refractivity contribution in [3.63, 3.8) is 0 Å². The van der Waals surface area contributed by atoms with Crippen molar-refractivity contribution in [3.05, 3.63) is 10.4 Å². The Morgan fingerprint density at radius 3 is 2.59 bits per heavy atom. The zero-order valence-corrected chi connectivity index (χ0v) is 10.8. The van der Waals surface area contributed by atoms with E-state index in [1.54, 1.807) is 0 Å². The maximum Gasteiger partial charge on any atom is 0.163 e. The van der Waals surface area contributed by atoms with Gasteiger partial charge in [0, 0.05) is 4.91 Å². The highest BCUT2D eigenvalue weighted by molar-refractivity contribution is 4.88. The van der Waals surface area contributed by atoms with Gasteiger partial charge in [-0.15, -0.1) is 0 Å². The zero-order valence-electron chi connectivity index (χ0n) is 10.8. The van der Waals surface area contributed by atoms with Crippen LogP contribution in [0.1, 0.15) is 34.1 Å². The lowest BCUT2D eigenvalue weighted by Gasteiger charge is -2.22. The number of ether oxygens (including phenoxy) is 2. The van der Waals surface area contributed by atoms with E-state index in [0.29, 0.717) is 5.92 Å². The van der Waals surface area contributed by atoms with Crippen LogP contribution in [0.25, 0.3) is 10.4 Å². The summed E-state index contributed by atoms with van der Waals surface area (Å²) < 4.78 is 11.4. The minimum atomic E-state index is -0.823. The van der Waals surface area contributed by atoms with E-state index in [4.69, 9.17) is 15.0 Å². The van der Waals surface area contributed by atoms with Crippen molar-refractivity contribution in [1.29, 1.82) is 0 Å². The molecule has 1 aliphatic rings. The number of rotatable bonds is 5. The van der Waals surface area contributed by atoms with E-state index < -0.39 is 18.0 Å². The van der Waals surface area contributed by atoms with Crippen LogP contribution in [0.4, 0.5) is 0 Å². The Bertz CT molecular complexity index is 300. The molecule has 6 nitrogen and oxygen atoms in total. The van der Waals surface area contributed by atoms with Crippen LogP contribution in [-0.2, 0) is 9.47 Å². The molecule has 98 valence electrons. The second-order valence-electron chi connectivity index (χ2n) is 5.25. The molecule has 0 bridgehead atoms. The molecule has 1 aliphatic heterocycles. The Morgan fingerprint density at radius 1 is 1.41 bits per heavy atom. The number of hydrogen-bond donors (Lipinski definition) is 1. The van der Waals surface area contributed by atoms with E-state index in [1.807, 2.05) is 13.8 Å². The van der Waals surface area contributed by atoms with Gasteiger partial charge in [-0.1, -0.05) is 19.0 Å². The number of nitrogens with zero attached hydrogens (tertiary/aromatic N) is 3. The molecular formula is C11H21N3O3. The summed E-state index contributed by atoms with van der Waals surface area (Å²) in [6.45, 7) is 7.83. The van der Waals surface area contributed by atoms with E-state index in [0.717, 1.165) is 6.42 Å². The maximum atomic E-state index is 9.93. The summed E-state index contributed by atoms with van der Waals surface area (Å²) in [6.07, 6.45) is -0.607. The highest BCUT2D eigenvalue weighted by atomic mass is 16.8. The van der Waals surface area contributed by atoms with E-state index in [9.17, 15) is 5.11 Å². The third-order valence-corrected chi connectivity index (χ3v) is 2.64. The highest BCUT2D eigenvalue weighted by Gasteiger charge is 2.44. The SMILES string of the molecule is CC(C)C[C@@H]1OC(C)(C)O[C@@H]1C(O)CN=[N+]=[N-]. The lowest BCUT2D eigenvalue weighted by Crippen LogP contribution is -2.37. The third-order valence-electron chi connectivity index (χ3n) is 2.64.